The molecule has 10 nitrogen and oxygen atoms in total. The molecule has 11 heteroatoms. The first kappa shape index (κ1) is 33.2. The molecule has 0 radical (unpaired) electrons. The summed E-state index contributed by atoms with van der Waals surface area (Å²) < 4.78 is 14.5. The minimum atomic E-state index is -0.950. The van der Waals surface area contributed by atoms with Gasteiger partial charge in [-0.3, -0.25) is 14.4 Å². The number of benzene rings is 3. The largest absolute Gasteiger partial charge is 0.483 e. The molecule has 0 saturated carbocycles. The Morgan fingerprint density at radius 3 is 2.39 bits per heavy atom. The van der Waals surface area contributed by atoms with Gasteiger partial charge in [0.2, 0.25) is 0 Å². The molecule has 1 unspecified atom stereocenters. The van der Waals surface area contributed by atoms with Crippen molar-refractivity contribution in [3.8, 4) is 11.1 Å². The maximum absolute atomic E-state index is 14.5. The summed E-state index contributed by atoms with van der Waals surface area (Å²) in [6.07, 6.45) is 3.61. The molecule has 3 aromatic carbocycles. The fourth-order valence-electron chi connectivity index (χ4n) is 5.24. The van der Waals surface area contributed by atoms with E-state index in [2.05, 4.69) is 15.6 Å². The Kier molecular flexibility index (Phi) is 10.7. The van der Waals surface area contributed by atoms with E-state index in [1.807, 2.05) is 86.7 Å². The molecule has 1 aromatic heterocycles. The lowest BCUT2D eigenvalue weighted by atomic mass is 9.86. The lowest BCUT2D eigenvalue weighted by Gasteiger charge is -2.37. The highest BCUT2D eigenvalue weighted by atomic mass is 19.1. The molecule has 238 valence electrons. The highest BCUT2D eigenvalue weighted by molar-refractivity contribution is 6.02. The number of amides is 2. The van der Waals surface area contributed by atoms with Gasteiger partial charge in [0.05, 0.1) is 5.69 Å². The minimum absolute atomic E-state index is 0.142. The maximum Gasteiger partial charge on any atom is 0.290 e. The van der Waals surface area contributed by atoms with Crippen LogP contribution >= 0.6 is 0 Å². The van der Waals surface area contributed by atoms with Gasteiger partial charge in [-0.05, 0) is 72.9 Å². The summed E-state index contributed by atoms with van der Waals surface area (Å²) in [5.41, 5.74) is 12.0. The molecular formula is C35H37FN6O4. The minimum Gasteiger partial charge on any atom is -0.483 e. The Labute approximate surface area is 267 Å². The van der Waals surface area contributed by atoms with Crippen LogP contribution in [0.4, 0.5) is 21.6 Å². The van der Waals surface area contributed by atoms with Gasteiger partial charge in [0.25, 0.3) is 18.3 Å². The second-order valence-corrected chi connectivity index (χ2v) is 11.0. The summed E-state index contributed by atoms with van der Waals surface area (Å²) in [5, 5.41) is 12.7. The first-order valence-corrected chi connectivity index (χ1v) is 14.5. The summed E-state index contributed by atoms with van der Waals surface area (Å²) in [4.78, 5) is 44.0. The van der Waals surface area contributed by atoms with E-state index in [-0.39, 0.29) is 30.3 Å². The Bertz CT molecular complexity index is 1740. The van der Waals surface area contributed by atoms with Gasteiger partial charge in [0, 0.05) is 44.3 Å². The molecule has 1 aliphatic heterocycles. The number of hydrogen-bond acceptors (Lipinski definition) is 7. The number of aromatic nitrogens is 1. The molecule has 5 rings (SSSR count). The van der Waals surface area contributed by atoms with E-state index < -0.39 is 17.8 Å². The number of rotatable bonds is 7. The van der Waals surface area contributed by atoms with Gasteiger partial charge in [-0.2, -0.15) is 0 Å². The number of nitrogens with one attached hydrogen (secondary N) is 2. The standard InChI is InChI=1S/C34H35FN6O2.CH2O2/c1-21-11-14-24(15-12-21)39-33(42)32-27-9-6-8-25(23-13-16-30(38-19-23)40(3)4)26(27)17-18-41(32)34(43)28(36)20-37-29-10-5-7-22(2)31(29)35;2-1-3/h5-16,19-20,32,37H,17-18,36H2,1-4H3,(H,39,42);1H,(H,2,3)/b28-20-;. The van der Waals surface area contributed by atoms with Gasteiger partial charge in [-0.25, -0.2) is 9.37 Å². The van der Waals surface area contributed by atoms with Crippen molar-refractivity contribution < 1.29 is 23.9 Å². The average molecular weight is 625 g/mol. The van der Waals surface area contributed by atoms with Crippen LogP contribution in [0.3, 0.4) is 0 Å². The topological polar surface area (TPSA) is 141 Å². The average Bonchev–Trinajstić information content (AvgIpc) is 3.05. The molecule has 0 bridgehead atoms. The maximum atomic E-state index is 14.5. The number of carbonyl (C=O) groups excluding carboxylic acids is 2. The summed E-state index contributed by atoms with van der Waals surface area (Å²) in [5.74, 6) is -0.483. The van der Waals surface area contributed by atoms with Crippen molar-refractivity contribution in [1.82, 2.24) is 9.88 Å². The SMILES string of the molecule is Cc1ccc(NC(=O)C2c3cccc(-c4ccc(N(C)C)nc4)c3CCN2C(=O)/C(N)=C/Nc2cccc(C)c2F)cc1.O=CO. The number of carbonyl (C=O) groups is 3. The Morgan fingerprint density at radius 2 is 1.74 bits per heavy atom. The number of hydrogen-bond donors (Lipinski definition) is 4. The molecule has 1 aliphatic rings. The van der Waals surface area contributed by atoms with E-state index in [0.29, 0.717) is 23.2 Å². The number of halogens is 1. The predicted molar refractivity (Wildman–Crippen MR) is 178 cm³/mol. The number of nitrogens with two attached hydrogens (primary N) is 1. The van der Waals surface area contributed by atoms with E-state index in [4.69, 9.17) is 15.6 Å². The summed E-state index contributed by atoms with van der Waals surface area (Å²) in [6.45, 7) is 3.63. The van der Waals surface area contributed by atoms with Crippen molar-refractivity contribution in [1.29, 1.82) is 0 Å². The molecule has 0 fully saturated rings. The molecule has 0 saturated heterocycles. The summed E-state index contributed by atoms with van der Waals surface area (Å²) >= 11 is 0. The predicted octanol–water partition coefficient (Wildman–Crippen LogP) is 5.25. The third-order valence-corrected chi connectivity index (χ3v) is 7.59. The molecule has 1 atom stereocenters. The molecule has 4 aromatic rings. The number of carboxylic acid groups (broad SMARTS) is 1. The fourth-order valence-corrected chi connectivity index (χ4v) is 5.24. The van der Waals surface area contributed by atoms with Crippen molar-refractivity contribution >= 4 is 35.5 Å². The number of nitrogens with zero attached hydrogens (tertiary/aromatic N) is 3. The van der Waals surface area contributed by atoms with Crippen LogP contribution in [0.5, 0.6) is 0 Å². The van der Waals surface area contributed by atoms with E-state index in [1.54, 1.807) is 25.1 Å². The Morgan fingerprint density at radius 1 is 1.04 bits per heavy atom. The molecule has 0 aliphatic carbocycles. The van der Waals surface area contributed by atoms with Crippen molar-refractivity contribution in [2.45, 2.75) is 26.3 Å². The zero-order chi connectivity index (χ0) is 33.4. The van der Waals surface area contributed by atoms with Crippen LogP contribution < -0.4 is 21.3 Å². The van der Waals surface area contributed by atoms with Gasteiger partial charge in [-0.15, -0.1) is 0 Å². The van der Waals surface area contributed by atoms with Crippen LogP contribution in [0.25, 0.3) is 11.1 Å². The van der Waals surface area contributed by atoms with E-state index in [1.165, 1.54) is 11.1 Å². The first-order chi connectivity index (χ1) is 22.0. The van der Waals surface area contributed by atoms with Crippen LogP contribution in [0.1, 0.15) is 28.3 Å². The van der Waals surface area contributed by atoms with Gasteiger partial charge in [0.15, 0.2) is 0 Å². The van der Waals surface area contributed by atoms with Crippen molar-refractivity contribution in [3.63, 3.8) is 0 Å². The summed E-state index contributed by atoms with van der Waals surface area (Å²) in [7, 11) is 3.87. The molecule has 2 amide bonds. The zero-order valence-corrected chi connectivity index (χ0v) is 26.1. The molecule has 2 heterocycles. The van der Waals surface area contributed by atoms with Crippen molar-refractivity contribution in [2.24, 2.45) is 5.73 Å². The zero-order valence-electron chi connectivity index (χ0n) is 26.1. The number of aryl methyl sites for hydroxylation is 2. The smallest absolute Gasteiger partial charge is 0.290 e. The summed E-state index contributed by atoms with van der Waals surface area (Å²) in [6, 6.07) is 21.2. The van der Waals surface area contributed by atoms with Gasteiger partial charge < -0.3 is 31.3 Å². The molecule has 0 spiro atoms. The normalized spacial score (nSPS) is 13.9. The van der Waals surface area contributed by atoms with E-state index >= 15 is 0 Å². The quantitative estimate of drug-likeness (QED) is 0.162. The molecule has 46 heavy (non-hydrogen) atoms. The van der Waals surface area contributed by atoms with Gasteiger partial charge >= 0.3 is 0 Å². The lowest BCUT2D eigenvalue weighted by Crippen LogP contribution is -2.47. The monoisotopic (exact) mass is 624 g/mol. The highest BCUT2D eigenvalue weighted by Crippen LogP contribution is 2.37. The Hall–Kier alpha value is -5.71. The van der Waals surface area contributed by atoms with E-state index in [9.17, 15) is 14.0 Å². The van der Waals surface area contributed by atoms with Crippen LogP contribution in [0, 0.1) is 19.7 Å². The second-order valence-electron chi connectivity index (χ2n) is 11.0. The van der Waals surface area contributed by atoms with Crippen LogP contribution in [0.15, 0.2) is 90.9 Å². The lowest BCUT2D eigenvalue weighted by molar-refractivity contribution is -0.136. The van der Waals surface area contributed by atoms with Crippen molar-refractivity contribution in [2.75, 3.05) is 36.2 Å². The highest BCUT2D eigenvalue weighted by Gasteiger charge is 2.37. The van der Waals surface area contributed by atoms with Crippen LogP contribution in [-0.4, -0.2) is 53.9 Å². The van der Waals surface area contributed by atoms with Gasteiger partial charge in [-0.1, -0.05) is 48.0 Å². The molecular weight excluding hydrogens is 587 g/mol. The fraction of sp³-hybridized carbons (Fsp3) is 0.200. The Balaban J connectivity index is 0.00000154. The van der Waals surface area contributed by atoms with Crippen molar-refractivity contribution in [3.05, 3.63) is 119 Å². The van der Waals surface area contributed by atoms with Gasteiger partial charge in [0.1, 0.15) is 23.4 Å². The third-order valence-electron chi connectivity index (χ3n) is 7.59. The first-order valence-electron chi connectivity index (χ1n) is 14.5. The number of anilines is 3. The van der Waals surface area contributed by atoms with Crippen LogP contribution in [-0.2, 0) is 20.8 Å². The third kappa shape index (κ3) is 7.49. The number of fused-ring (bicyclic) bond motifs is 1. The molecule has 5 N–H and O–H groups in total. The van der Waals surface area contributed by atoms with Crippen LogP contribution in [0.2, 0.25) is 0 Å². The number of pyridine rings is 1. The second kappa shape index (κ2) is 14.8. The van der Waals surface area contributed by atoms with E-state index in [0.717, 1.165) is 28.1 Å².